The van der Waals surface area contributed by atoms with Gasteiger partial charge in [0.15, 0.2) is 23.6 Å². The van der Waals surface area contributed by atoms with E-state index >= 15 is 4.79 Å². The maximum Gasteiger partial charge on any atom is 0.509 e. The number of amides is 1. The fourth-order valence-corrected chi connectivity index (χ4v) is 10.5. The number of hydrogen-bond acceptors (Lipinski definition) is 18. The molecule has 5 rings (SSSR count). The van der Waals surface area contributed by atoms with Crippen molar-refractivity contribution in [3.8, 4) is 0 Å². The average molecular weight is 1150 g/mol. The lowest BCUT2D eigenvalue weighted by Crippen LogP contribution is -2.82. The van der Waals surface area contributed by atoms with E-state index in [4.69, 9.17) is 112 Å². The molecule has 1 aromatic rings. The fraction of sp³-hybridized carbons (Fsp3) is 0.688. The molecule has 0 radical (unpaired) electrons. The van der Waals surface area contributed by atoms with Crippen LogP contribution in [-0.2, 0) is 57.0 Å². The lowest BCUT2D eigenvalue weighted by atomic mass is 9.44. The van der Waals surface area contributed by atoms with Crippen molar-refractivity contribution >= 4 is 112 Å². The number of alkyl carbamates (subject to hydrolysis) is 1. The van der Waals surface area contributed by atoms with Crippen molar-refractivity contribution in [2.75, 3.05) is 19.8 Å². The molecular formula is C48H61Cl6NO18. The summed E-state index contributed by atoms with van der Waals surface area (Å²) in [6.45, 7) is 14.4. The molecule has 1 heterocycles. The van der Waals surface area contributed by atoms with Gasteiger partial charge in [0.2, 0.25) is 7.59 Å². The van der Waals surface area contributed by atoms with Crippen LogP contribution in [0.1, 0.15) is 106 Å². The molecule has 1 aliphatic heterocycles. The third kappa shape index (κ3) is 12.8. The van der Waals surface area contributed by atoms with Gasteiger partial charge in [0.1, 0.15) is 48.8 Å². The molecule has 2 bridgehead atoms. The quantitative estimate of drug-likeness (QED) is 0.0725. The van der Waals surface area contributed by atoms with Crippen LogP contribution in [0.5, 0.6) is 0 Å². The van der Waals surface area contributed by atoms with Crippen LogP contribution in [0.15, 0.2) is 41.5 Å². The van der Waals surface area contributed by atoms with Crippen molar-refractivity contribution in [1.82, 2.24) is 5.32 Å². The Morgan fingerprint density at radius 1 is 0.863 bits per heavy atom. The number of halogens is 6. The molecule has 73 heavy (non-hydrogen) atoms. The number of fused-ring (bicyclic) bond motifs is 5. The first-order valence-electron chi connectivity index (χ1n) is 23.1. The van der Waals surface area contributed by atoms with Crippen molar-refractivity contribution in [3.63, 3.8) is 0 Å². The molecule has 2 saturated carbocycles. The molecule has 25 heteroatoms. The topological polar surface area (TPSA) is 255 Å². The van der Waals surface area contributed by atoms with Gasteiger partial charge in [-0.15, -0.1) is 0 Å². The van der Waals surface area contributed by atoms with Crippen LogP contribution in [0.25, 0.3) is 0 Å². The summed E-state index contributed by atoms with van der Waals surface area (Å²) in [5.41, 5.74) is -11.3. The van der Waals surface area contributed by atoms with Crippen LogP contribution in [0, 0.1) is 22.2 Å². The molecule has 3 fully saturated rings. The van der Waals surface area contributed by atoms with Gasteiger partial charge in [0.25, 0.3) is 0 Å². The number of rotatable bonds is 13. The van der Waals surface area contributed by atoms with E-state index in [-0.39, 0.29) is 16.7 Å². The number of Topliss-reactive ketones (excluding diaryl/α,β-unsaturated/α-hetero) is 1. The predicted molar refractivity (Wildman–Crippen MR) is 263 cm³/mol. The number of aliphatic hydroxyl groups excluding tert-OH is 1. The van der Waals surface area contributed by atoms with E-state index < -0.39 is 164 Å². The minimum Gasteiger partial charge on any atom is -0.456 e. The van der Waals surface area contributed by atoms with Gasteiger partial charge in [-0.2, -0.15) is 0 Å². The van der Waals surface area contributed by atoms with Gasteiger partial charge in [-0.3, -0.25) is 9.59 Å². The highest BCUT2D eigenvalue weighted by atomic mass is 35.6. The van der Waals surface area contributed by atoms with E-state index in [0.29, 0.717) is 6.42 Å². The number of aliphatic hydroxyl groups is 2. The van der Waals surface area contributed by atoms with E-state index in [0.717, 1.165) is 6.92 Å². The summed E-state index contributed by atoms with van der Waals surface area (Å²) in [6.07, 6.45) is -15.9. The third-order valence-corrected chi connectivity index (χ3v) is 14.9. The van der Waals surface area contributed by atoms with Crippen molar-refractivity contribution < 1.29 is 86.4 Å². The molecule has 0 aromatic heterocycles. The second-order valence-corrected chi connectivity index (χ2v) is 26.1. The third-order valence-electron chi connectivity index (χ3n) is 14.3. The maximum absolute atomic E-state index is 16.3. The number of alkyl halides is 6. The number of hydrogen-bond donors (Lipinski definition) is 3. The van der Waals surface area contributed by atoms with Gasteiger partial charge in [0.05, 0.1) is 29.5 Å². The molecule has 11 atom stereocenters. The first kappa shape index (κ1) is 60.3. The van der Waals surface area contributed by atoms with Crippen molar-refractivity contribution in [1.29, 1.82) is 0 Å². The molecule has 0 spiro atoms. The molecular weight excluding hydrogens is 1090 g/mol. The van der Waals surface area contributed by atoms with Gasteiger partial charge < -0.3 is 58.2 Å². The highest BCUT2D eigenvalue weighted by Crippen LogP contribution is 2.65. The van der Waals surface area contributed by atoms with E-state index in [1.54, 1.807) is 47.6 Å². The summed E-state index contributed by atoms with van der Waals surface area (Å²) in [5.74, 6) is -6.30. The second kappa shape index (κ2) is 21.8. The first-order valence-corrected chi connectivity index (χ1v) is 25.4. The lowest BCUT2D eigenvalue weighted by molar-refractivity contribution is -0.346. The van der Waals surface area contributed by atoms with Gasteiger partial charge in [-0.25, -0.2) is 24.0 Å². The Balaban J connectivity index is 1.81. The van der Waals surface area contributed by atoms with Crippen LogP contribution < -0.4 is 5.32 Å². The Morgan fingerprint density at radius 3 is 1.92 bits per heavy atom. The molecule has 19 nitrogen and oxygen atoms in total. The molecule has 408 valence electrons. The van der Waals surface area contributed by atoms with E-state index in [1.807, 2.05) is 0 Å². The van der Waals surface area contributed by atoms with Crippen LogP contribution in [0.4, 0.5) is 14.4 Å². The zero-order valence-corrected chi connectivity index (χ0v) is 46.5. The summed E-state index contributed by atoms with van der Waals surface area (Å²) in [4.78, 5) is 99.3. The van der Waals surface area contributed by atoms with Gasteiger partial charge in [-0.1, -0.05) is 129 Å². The SMILES string of the molecule is CCC(C)(C)OC(=O)N[C@H]([C@@H](O)C(=O)O[C@H]1C[C@@]2(O)[C@@H](OC(=O)c3ccccc3)[C@@H]3[C@]4(OC(C)=O)CO[C@@H]4C[C@H](OC(=O)OCC(Cl)(Cl)Cl)[C@@]3(C)C(=O)[C@H](OC(=O)OCC(Cl)(Cl)Cl)C(=C1C)C2(C)C)C(C)(C)C. The summed E-state index contributed by atoms with van der Waals surface area (Å²) >= 11 is 35.4. The lowest BCUT2D eigenvalue weighted by Gasteiger charge is -2.67. The Labute approximate surface area is 452 Å². The molecule has 0 unspecified atom stereocenters. The number of ether oxygens (including phenoxy) is 9. The Hall–Kier alpha value is -3.53. The largest absolute Gasteiger partial charge is 0.509 e. The van der Waals surface area contributed by atoms with Crippen LogP contribution in [0.3, 0.4) is 0 Å². The number of carbonyl (C=O) groups excluding carboxylic acids is 7. The summed E-state index contributed by atoms with van der Waals surface area (Å²) in [5, 5.41) is 28.4. The summed E-state index contributed by atoms with van der Waals surface area (Å²) in [7, 11) is 0. The zero-order chi connectivity index (χ0) is 55.2. The van der Waals surface area contributed by atoms with Crippen molar-refractivity contribution in [2.45, 2.75) is 162 Å². The van der Waals surface area contributed by atoms with E-state index in [1.165, 1.54) is 52.0 Å². The highest BCUT2D eigenvalue weighted by molar-refractivity contribution is 6.68. The van der Waals surface area contributed by atoms with E-state index in [2.05, 4.69) is 5.32 Å². The summed E-state index contributed by atoms with van der Waals surface area (Å²) < 4.78 is 48.0. The number of carbonyl (C=O) groups is 7. The van der Waals surface area contributed by atoms with Gasteiger partial charge in [0, 0.05) is 25.2 Å². The molecule has 3 aliphatic carbocycles. The van der Waals surface area contributed by atoms with Crippen LogP contribution in [0.2, 0.25) is 0 Å². The number of ketones is 1. The maximum atomic E-state index is 16.3. The fourth-order valence-electron chi connectivity index (χ4n) is 10.2. The number of benzene rings is 1. The van der Waals surface area contributed by atoms with Crippen molar-refractivity contribution in [3.05, 3.63) is 47.0 Å². The predicted octanol–water partition coefficient (Wildman–Crippen LogP) is 8.39. The van der Waals surface area contributed by atoms with Crippen LogP contribution in [-0.4, -0.2) is 139 Å². The zero-order valence-electron chi connectivity index (χ0n) is 41.9. The smallest absolute Gasteiger partial charge is 0.456 e. The number of esters is 3. The van der Waals surface area contributed by atoms with Crippen molar-refractivity contribution in [2.24, 2.45) is 22.2 Å². The Bertz CT molecular complexity index is 2330. The highest BCUT2D eigenvalue weighted by Gasteiger charge is 2.79. The normalized spacial score (nSPS) is 29.7. The Morgan fingerprint density at radius 2 is 1.42 bits per heavy atom. The molecule has 1 aromatic carbocycles. The standard InChI is InChI=1S/C48H61Cl6NO18/c1-12-42(7,8)73-38(61)55-33(41(4,5)6)30(57)37(60)68-26-19-46(64)35(71-36(59)25-16-14-13-15-17-25)32-44(11,34(58)31(29(23(26)2)43(46,9)10)70-40(63)67-22-48(52,53)54)27(69-39(62)66-21-47(49,50)51)18-28-45(32,20-65-28)72-24(3)56/h13-17,26-28,30-33,35,57,64H,12,18-22H2,1-11H3,(H,55,61)/t26-,27-,28+,30+,31+,32-,33+,35-,44+,45-,46+/m0/s1. The second-order valence-electron chi connectivity index (χ2n) is 21.0. The van der Waals surface area contributed by atoms with E-state index in [9.17, 15) is 39.0 Å². The van der Waals surface area contributed by atoms with Gasteiger partial charge in [-0.05, 0) is 62.8 Å². The first-order chi connectivity index (χ1) is 33.3. The Kier molecular flexibility index (Phi) is 18.0. The summed E-state index contributed by atoms with van der Waals surface area (Å²) in [6, 6.07) is 6.13. The molecule has 4 aliphatic rings. The monoisotopic (exact) mass is 1150 g/mol. The number of nitrogens with one attached hydrogen (secondary N) is 1. The minimum absolute atomic E-state index is 0.0303. The average Bonchev–Trinajstić information content (AvgIpc) is 3.26. The van der Waals surface area contributed by atoms with Gasteiger partial charge >= 0.3 is 36.3 Å². The molecule has 3 N–H and O–H groups in total. The molecule has 1 amide bonds. The minimum atomic E-state index is -2.64. The molecule has 1 saturated heterocycles. The van der Waals surface area contributed by atoms with Crippen LogP contribution >= 0.6 is 69.6 Å².